The van der Waals surface area contributed by atoms with E-state index in [4.69, 9.17) is 4.42 Å². The van der Waals surface area contributed by atoms with E-state index in [1.807, 2.05) is 0 Å². The van der Waals surface area contributed by atoms with Gasteiger partial charge >= 0.3 is 0 Å². The van der Waals surface area contributed by atoms with Crippen molar-refractivity contribution in [2.24, 2.45) is 5.92 Å². The quantitative estimate of drug-likeness (QED) is 0.761. The zero-order valence-corrected chi connectivity index (χ0v) is 9.85. The number of amides is 1. The van der Waals surface area contributed by atoms with Crippen LogP contribution in [0.25, 0.3) is 6.08 Å². The highest BCUT2D eigenvalue weighted by atomic mass is 16.3. The van der Waals surface area contributed by atoms with Crippen LogP contribution < -0.4 is 5.32 Å². The van der Waals surface area contributed by atoms with Crippen LogP contribution in [0.4, 0.5) is 0 Å². The monoisotopic (exact) mass is 235 g/mol. The van der Waals surface area contributed by atoms with Gasteiger partial charge < -0.3 is 14.8 Å². The van der Waals surface area contributed by atoms with E-state index in [-0.39, 0.29) is 5.91 Å². The van der Waals surface area contributed by atoms with Crippen LogP contribution in [0.5, 0.6) is 0 Å². The molecule has 1 aromatic heterocycles. The summed E-state index contributed by atoms with van der Waals surface area (Å²) in [7, 11) is 0. The maximum Gasteiger partial charge on any atom is 0.244 e. The van der Waals surface area contributed by atoms with Crippen LogP contribution in [-0.4, -0.2) is 23.2 Å². The van der Waals surface area contributed by atoms with Gasteiger partial charge in [-0.05, 0) is 37.8 Å². The molecule has 1 aromatic rings. The van der Waals surface area contributed by atoms with Crippen LogP contribution in [-0.2, 0) is 4.79 Å². The molecule has 1 unspecified atom stereocenters. The van der Waals surface area contributed by atoms with E-state index in [9.17, 15) is 9.90 Å². The number of furan rings is 1. The Morgan fingerprint density at radius 1 is 1.71 bits per heavy atom. The molecule has 0 bridgehead atoms. The molecule has 92 valence electrons. The molecule has 2 N–H and O–H groups in total. The zero-order chi connectivity index (χ0) is 12.3. The Morgan fingerprint density at radius 2 is 2.47 bits per heavy atom. The fourth-order valence-corrected chi connectivity index (χ4v) is 1.72. The summed E-state index contributed by atoms with van der Waals surface area (Å²) in [5.74, 6) is 0.132. The van der Waals surface area contributed by atoms with E-state index >= 15 is 0 Å². The summed E-state index contributed by atoms with van der Waals surface area (Å²) in [6, 6.07) is 1.77. The van der Waals surface area contributed by atoms with Gasteiger partial charge in [-0.15, -0.1) is 0 Å². The summed E-state index contributed by atoms with van der Waals surface area (Å²) in [4.78, 5) is 11.5. The highest BCUT2D eigenvalue weighted by molar-refractivity contribution is 5.91. The van der Waals surface area contributed by atoms with Gasteiger partial charge in [0, 0.05) is 18.2 Å². The van der Waals surface area contributed by atoms with E-state index in [1.54, 1.807) is 31.6 Å². The first kappa shape index (κ1) is 11.9. The summed E-state index contributed by atoms with van der Waals surface area (Å²) in [6.45, 7) is 2.07. The topological polar surface area (TPSA) is 62.5 Å². The third-order valence-electron chi connectivity index (χ3n) is 3.05. The number of hydrogen-bond donors (Lipinski definition) is 2. The molecule has 0 saturated heterocycles. The van der Waals surface area contributed by atoms with Crippen LogP contribution in [0, 0.1) is 5.92 Å². The lowest BCUT2D eigenvalue weighted by molar-refractivity contribution is -0.117. The van der Waals surface area contributed by atoms with Gasteiger partial charge in [0.15, 0.2) is 0 Å². The molecule has 0 aliphatic heterocycles. The van der Waals surface area contributed by atoms with Crippen LogP contribution in [0.1, 0.15) is 25.3 Å². The van der Waals surface area contributed by atoms with Gasteiger partial charge in [0.05, 0.1) is 18.1 Å². The maximum absolute atomic E-state index is 11.5. The minimum Gasteiger partial charge on any atom is -0.472 e. The van der Waals surface area contributed by atoms with Crippen LogP contribution in [0.15, 0.2) is 29.1 Å². The summed E-state index contributed by atoms with van der Waals surface area (Å²) in [6.07, 6.45) is 8.32. The van der Waals surface area contributed by atoms with Crippen molar-refractivity contribution in [3.05, 3.63) is 30.2 Å². The molecule has 1 aliphatic carbocycles. The first-order valence-electron chi connectivity index (χ1n) is 5.78. The number of rotatable bonds is 5. The largest absolute Gasteiger partial charge is 0.472 e. The number of carbonyl (C=O) groups excluding carboxylic acids is 1. The van der Waals surface area contributed by atoms with E-state index in [2.05, 4.69) is 5.32 Å². The number of nitrogens with one attached hydrogen (secondary N) is 1. The predicted octanol–water partition coefficient (Wildman–Crippen LogP) is 1.57. The second kappa shape index (κ2) is 4.75. The van der Waals surface area contributed by atoms with Gasteiger partial charge in [-0.1, -0.05) is 0 Å². The van der Waals surface area contributed by atoms with Gasteiger partial charge in [-0.2, -0.15) is 0 Å². The van der Waals surface area contributed by atoms with Crippen molar-refractivity contribution >= 4 is 12.0 Å². The maximum atomic E-state index is 11.5. The molecule has 1 aliphatic rings. The Bertz CT molecular complexity index is 402. The van der Waals surface area contributed by atoms with E-state index in [1.165, 1.54) is 6.08 Å². The van der Waals surface area contributed by atoms with Gasteiger partial charge in [-0.25, -0.2) is 0 Å². The number of carbonyl (C=O) groups is 1. The van der Waals surface area contributed by atoms with Crippen molar-refractivity contribution in [3.8, 4) is 0 Å². The second-order valence-corrected chi connectivity index (χ2v) is 4.74. The standard InChI is InChI=1S/C13H17NO3/c1-13(16,11-3-4-11)9-14-12(15)5-2-10-6-7-17-8-10/h2,5-8,11,16H,3-4,9H2,1H3,(H,14,15)/b5-2+. The highest BCUT2D eigenvalue weighted by Gasteiger charge is 2.39. The van der Waals surface area contributed by atoms with Gasteiger partial charge in [0.1, 0.15) is 0 Å². The minimum atomic E-state index is -0.779. The van der Waals surface area contributed by atoms with Crippen molar-refractivity contribution in [2.75, 3.05) is 6.54 Å². The normalized spacial score (nSPS) is 19.2. The van der Waals surface area contributed by atoms with Gasteiger partial charge in [-0.3, -0.25) is 4.79 Å². The van der Waals surface area contributed by atoms with Crippen molar-refractivity contribution < 1.29 is 14.3 Å². The van der Waals surface area contributed by atoms with Gasteiger partial charge in [0.2, 0.25) is 5.91 Å². The molecular weight excluding hydrogens is 218 g/mol. The lowest BCUT2D eigenvalue weighted by Gasteiger charge is -2.22. The lowest BCUT2D eigenvalue weighted by atomic mass is 10.0. The van der Waals surface area contributed by atoms with Crippen molar-refractivity contribution in [1.82, 2.24) is 5.32 Å². The van der Waals surface area contributed by atoms with Crippen molar-refractivity contribution in [3.63, 3.8) is 0 Å². The third kappa shape index (κ3) is 3.46. The Kier molecular flexibility index (Phi) is 3.33. The summed E-state index contributed by atoms with van der Waals surface area (Å²) < 4.78 is 4.88. The highest BCUT2D eigenvalue weighted by Crippen LogP contribution is 2.38. The fraction of sp³-hybridized carbons (Fsp3) is 0.462. The molecule has 4 nitrogen and oxygen atoms in total. The molecule has 2 rings (SSSR count). The van der Waals surface area contributed by atoms with Crippen molar-refractivity contribution in [2.45, 2.75) is 25.4 Å². The van der Waals surface area contributed by atoms with Crippen LogP contribution in [0.2, 0.25) is 0 Å². The minimum absolute atomic E-state index is 0.202. The molecule has 1 saturated carbocycles. The molecule has 1 amide bonds. The first-order chi connectivity index (χ1) is 8.08. The summed E-state index contributed by atoms with van der Waals surface area (Å²) in [5, 5.41) is 12.7. The molecule has 0 radical (unpaired) electrons. The zero-order valence-electron chi connectivity index (χ0n) is 9.85. The van der Waals surface area contributed by atoms with E-state index in [0.29, 0.717) is 12.5 Å². The molecular formula is C13H17NO3. The first-order valence-corrected chi connectivity index (χ1v) is 5.78. The molecule has 4 heteroatoms. The van der Waals surface area contributed by atoms with Crippen LogP contribution in [0.3, 0.4) is 0 Å². The number of hydrogen-bond acceptors (Lipinski definition) is 3. The average Bonchev–Trinajstić information content (AvgIpc) is 3.03. The summed E-state index contributed by atoms with van der Waals surface area (Å²) in [5.41, 5.74) is 0.0631. The molecule has 17 heavy (non-hydrogen) atoms. The Balaban J connectivity index is 1.77. The Hall–Kier alpha value is -1.55. The van der Waals surface area contributed by atoms with E-state index < -0.39 is 5.60 Å². The van der Waals surface area contributed by atoms with Crippen LogP contribution >= 0.6 is 0 Å². The molecule has 1 fully saturated rings. The molecule has 0 spiro atoms. The third-order valence-corrected chi connectivity index (χ3v) is 3.05. The average molecular weight is 235 g/mol. The SMILES string of the molecule is CC(O)(CNC(=O)/C=C/c1ccoc1)C1CC1. The lowest BCUT2D eigenvalue weighted by Crippen LogP contribution is -2.41. The molecule has 1 atom stereocenters. The van der Waals surface area contributed by atoms with Crippen molar-refractivity contribution in [1.29, 1.82) is 0 Å². The smallest absolute Gasteiger partial charge is 0.244 e. The van der Waals surface area contributed by atoms with Gasteiger partial charge in [0.25, 0.3) is 0 Å². The van der Waals surface area contributed by atoms with E-state index in [0.717, 1.165) is 18.4 Å². The summed E-state index contributed by atoms with van der Waals surface area (Å²) >= 11 is 0. The molecule has 1 heterocycles. The second-order valence-electron chi connectivity index (χ2n) is 4.74. The molecule has 0 aromatic carbocycles. The predicted molar refractivity (Wildman–Crippen MR) is 64.1 cm³/mol. The number of aliphatic hydroxyl groups is 1. The Morgan fingerprint density at radius 3 is 3.06 bits per heavy atom. The Labute approximate surface area is 100 Å². The fourth-order valence-electron chi connectivity index (χ4n) is 1.72.